The van der Waals surface area contributed by atoms with Crippen LogP contribution in [0.5, 0.6) is 17.2 Å². The van der Waals surface area contributed by atoms with Gasteiger partial charge in [-0.3, -0.25) is 15.0 Å². The first-order valence-corrected chi connectivity index (χ1v) is 21.0. The van der Waals surface area contributed by atoms with Crippen molar-refractivity contribution in [2.45, 2.75) is 0 Å². The molecule has 0 radical (unpaired) electrons. The number of phenolic OH excluding ortho intramolecular Hbond substituents is 3. The number of aromatic carboxylic acids is 1. The minimum Gasteiger partial charge on any atom is -0.506 e. The molecule has 8 heterocycles. The van der Waals surface area contributed by atoms with E-state index in [0.717, 1.165) is 55.4 Å². The normalized spacial score (nSPS) is 12.1. The lowest BCUT2D eigenvalue weighted by Crippen LogP contribution is -1.95. The number of phenols is 3. The standard InChI is InChI=1S/C54H33N7O5/c62-44-22-11-30(33-4-1-25-55-51(33)44)48-38-16-14-36(58-38)47(28-7-9-29(10-8-28)54(65)66)37-15-17-39(59-37)49(31-12-23-45(63)52-34(31)5-2-26-56-52)41-19-21-43(61-41)50(42-20-18-40(48)60-42)32-13-24-46(64)53-35(32)6-3-27-57-53/h1-27,58,61-64H,(H,65,66). The van der Waals surface area contributed by atoms with Crippen LogP contribution >= 0.6 is 0 Å². The highest BCUT2D eigenvalue weighted by Gasteiger charge is 2.23. The van der Waals surface area contributed by atoms with Gasteiger partial charge in [0.05, 0.1) is 28.3 Å². The Hall–Kier alpha value is -9.42. The van der Waals surface area contributed by atoms with Gasteiger partial charge >= 0.3 is 5.97 Å². The lowest BCUT2D eigenvalue weighted by molar-refractivity contribution is 0.0697. The molecule has 6 aromatic heterocycles. The second-order valence-corrected chi connectivity index (χ2v) is 16.0. The maximum Gasteiger partial charge on any atom is 0.335 e. The van der Waals surface area contributed by atoms with Gasteiger partial charge in [-0.1, -0.05) is 30.3 Å². The number of pyridine rings is 3. The quantitative estimate of drug-likeness (QED) is 0.0969. The SMILES string of the molecule is O=C(O)c1ccc(-c2c3nc(c(-c4ccc(O)c5ncccc45)c4ccc([nH]4)c(-c4ccc(O)c5ncccc45)c4nc(c(-c5ccc(O)c6ncccc56)c5ccc2[nH]5)C=C4)C=C3)cc1. The van der Waals surface area contributed by atoms with Crippen molar-refractivity contribution < 1.29 is 25.2 Å². The number of nitrogens with one attached hydrogen (secondary N) is 2. The van der Waals surface area contributed by atoms with Gasteiger partial charge in [-0.25, -0.2) is 14.8 Å². The molecule has 2 aliphatic rings. The van der Waals surface area contributed by atoms with E-state index in [1.807, 2.05) is 103 Å². The van der Waals surface area contributed by atoms with Crippen molar-refractivity contribution in [1.82, 2.24) is 34.9 Å². The molecule has 0 fully saturated rings. The third-order valence-electron chi connectivity index (χ3n) is 12.2. The molecule has 12 rings (SSSR count). The van der Waals surface area contributed by atoms with Crippen molar-refractivity contribution in [3.05, 3.63) is 168 Å². The average molecular weight is 860 g/mol. The fourth-order valence-electron chi connectivity index (χ4n) is 9.27. The van der Waals surface area contributed by atoms with Crippen LogP contribution in [0.4, 0.5) is 0 Å². The number of aromatic nitrogens is 7. The van der Waals surface area contributed by atoms with Crippen LogP contribution in [0.25, 0.3) is 124 Å². The molecule has 12 heteroatoms. The third-order valence-corrected chi connectivity index (χ3v) is 12.2. The number of aromatic amines is 2. The van der Waals surface area contributed by atoms with Crippen LogP contribution in [0.3, 0.4) is 0 Å². The highest BCUT2D eigenvalue weighted by atomic mass is 16.4. The van der Waals surface area contributed by atoms with Crippen molar-refractivity contribution in [2.75, 3.05) is 0 Å². The van der Waals surface area contributed by atoms with Gasteiger partial charge < -0.3 is 30.4 Å². The molecule has 2 aliphatic heterocycles. The lowest BCUT2D eigenvalue weighted by Gasteiger charge is -2.11. The Morgan fingerprint density at radius 1 is 0.409 bits per heavy atom. The Bertz CT molecular complexity index is 3880. The molecule has 0 aliphatic carbocycles. The number of carbonyl (C=O) groups is 1. The first kappa shape index (κ1) is 38.3. The van der Waals surface area contributed by atoms with E-state index in [1.165, 1.54) is 0 Å². The van der Waals surface area contributed by atoms with Gasteiger partial charge in [0.15, 0.2) is 0 Å². The molecule has 0 saturated heterocycles. The first-order valence-electron chi connectivity index (χ1n) is 21.0. The van der Waals surface area contributed by atoms with Crippen LogP contribution in [0.15, 0.2) is 140 Å². The predicted octanol–water partition coefficient (Wildman–Crippen LogP) is 11.8. The highest BCUT2D eigenvalue weighted by molar-refractivity contribution is 6.09. The van der Waals surface area contributed by atoms with E-state index in [1.54, 1.807) is 61.1 Å². The molecule has 4 aromatic carbocycles. The Kier molecular flexibility index (Phi) is 8.61. The number of nitrogens with zero attached hydrogens (tertiary/aromatic N) is 5. The lowest BCUT2D eigenvalue weighted by atomic mass is 9.98. The van der Waals surface area contributed by atoms with Crippen LogP contribution in [0, 0.1) is 0 Å². The zero-order valence-electron chi connectivity index (χ0n) is 34.5. The predicted molar refractivity (Wildman–Crippen MR) is 258 cm³/mol. The molecule has 66 heavy (non-hydrogen) atoms. The summed E-state index contributed by atoms with van der Waals surface area (Å²) in [6.45, 7) is 0. The number of rotatable bonds is 5. The minimum absolute atomic E-state index is 0.0451. The summed E-state index contributed by atoms with van der Waals surface area (Å²) < 4.78 is 0. The maximum absolute atomic E-state index is 12.0. The summed E-state index contributed by atoms with van der Waals surface area (Å²) >= 11 is 0. The maximum atomic E-state index is 12.0. The molecule has 0 unspecified atom stereocenters. The Morgan fingerprint density at radius 2 is 0.758 bits per heavy atom. The van der Waals surface area contributed by atoms with Crippen molar-refractivity contribution in [3.8, 4) is 61.8 Å². The molecule has 12 nitrogen and oxygen atoms in total. The van der Waals surface area contributed by atoms with Crippen LogP contribution in [-0.2, 0) is 0 Å². The number of carboxylic acid groups (broad SMARTS) is 1. The van der Waals surface area contributed by atoms with Gasteiger partial charge in [-0.05, 0) is 138 Å². The van der Waals surface area contributed by atoms with Crippen LogP contribution < -0.4 is 0 Å². The van der Waals surface area contributed by atoms with E-state index >= 15 is 0 Å². The monoisotopic (exact) mass is 859 g/mol. The van der Waals surface area contributed by atoms with Gasteiger partial charge in [0.25, 0.3) is 0 Å². The molecule has 314 valence electrons. The van der Waals surface area contributed by atoms with Crippen molar-refractivity contribution >= 4 is 85.0 Å². The molecule has 8 bridgehead atoms. The molecule has 0 saturated carbocycles. The molecule has 6 N–H and O–H groups in total. The summed E-state index contributed by atoms with van der Waals surface area (Å²) in [5, 5.41) is 45.0. The summed E-state index contributed by atoms with van der Waals surface area (Å²) in [6, 6.07) is 36.4. The van der Waals surface area contributed by atoms with Crippen LogP contribution in [0.1, 0.15) is 33.1 Å². The van der Waals surface area contributed by atoms with Crippen LogP contribution in [-0.4, -0.2) is 61.3 Å². The van der Waals surface area contributed by atoms with Gasteiger partial charge in [0, 0.05) is 79.1 Å². The summed E-state index contributed by atoms with van der Waals surface area (Å²) in [4.78, 5) is 43.9. The number of hydrogen-bond donors (Lipinski definition) is 6. The van der Waals surface area contributed by atoms with Crippen molar-refractivity contribution in [2.24, 2.45) is 0 Å². The smallest absolute Gasteiger partial charge is 0.335 e. The zero-order chi connectivity index (χ0) is 44.6. The summed E-state index contributed by atoms with van der Waals surface area (Å²) in [6.07, 6.45) is 12.8. The second kappa shape index (κ2) is 14.9. The van der Waals surface area contributed by atoms with E-state index < -0.39 is 5.97 Å². The summed E-state index contributed by atoms with van der Waals surface area (Å²) in [7, 11) is 0. The van der Waals surface area contributed by atoms with Crippen LogP contribution in [0.2, 0.25) is 0 Å². The van der Waals surface area contributed by atoms with Gasteiger partial charge in [-0.15, -0.1) is 0 Å². The molecular weight excluding hydrogens is 827 g/mol. The number of hydrogen-bond acceptors (Lipinski definition) is 9. The molecular formula is C54H33N7O5. The molecule has 0 spiro atoms. The Balaban J connectivity index is 1.28. The van der Waals surface area contributed by atoms with E-state index in [-0.39, 0.29) is 22.8 Å². The zero-order valence-corrected chi connectivity index (χ0v) is 34.5. The van der Waals surface area contributed by atoms with Gasteiger partial charge in [-0.2, -0.15) is 0 Å². The van der Waals surface area contributed by atoms with Gasteiger partial charge in [0.1, 0.15) is 33.8 Å². The number of aromatic hydroxyl groups is 3. The molecule has 0 atom stereocenters. The third kappa shape index (κ3) is 6.08. The molecule has 0 amide bonds. The van der Waals surface area contributed by atoms with Crippen molar-refractivity contribution in [3.63, 3.8) is 0 Å². The largest absolute Gasteiger partial charge is 0.506 e. The van der Waals surface area contributed by atoms with Crippen molar-refractivity contribution in [1.29, 1.82) is 0 Å². The highest BCUT2D eigenvalue weighted by Crippen LogP contribution is 2.43. The van der Waals surface area contributed by atoms with E-state index in [9.17, 15) is 25.2 Å². The Morgan fingerprint density at radius 3 is 1.12 bits per heavy atom. The Labute approximate surface area is 373 Å². The number of fused-ring (bicyclic) bond motifs is 11. The fourth-order valence-corrected chi connectivity index (χ4v) is 9.27. The molecule has 10 aromatic rings. The summed E-state index contributed by atoms with van der Waals surface area (Å²) in [5.74, 6) is -0.895. The topological polar surface area (TPSA) is 194 Å². The second-order valence-electron chi connectivity index (χ2n) is 16.0. The van der Waals surface area contributed by atoms with E-state index in [0.29, 0.717) is 66.6 Å². The van der Waals surface area contributed by atoms with E-state index in [4.69, 9.17) is 9.97 Å². The number of H-pyrrole nitrogens is 2. The minimum atomic E-state index is -1.03. The van der Waals surface area contributed by atoms with Gasteiger partial charge in [0.2, 0.25) is 0 Å². The number of carboxylic acids is 1. The first-order chi connectivity index (χ1) is 32.3. The fraction of sp³-hybridized carbons (Fsp3) is 0. The average Bonchev–Trinajstić information content (AvgIpc) is 4.20. The van der Waals surface area contributed by atoms with E-state index in [2.05, 4.69) is 24.9 Å². The summed E-state index contributed by atoms with van der Waals surface area (Å²) in [5.41, 5.74) is 12.8. The number of benzene rings is 4.